The summed E-state index contributed by atoms with van der Waals surface area (Å²) in [5, 5.41) is -0.471. The lowest BCUT2D eigenvalue weighted by atomic mass is 10.1. The van der Waals surface area contributed by atoms with Crippen LogP contribution < -0.4 is 10.6 Å². The molecule has 1 unspecified atom stereocenters. The van der Waals surface area contributed by atoms with Gasteiger partial charge in [0, 0.05) is 19.0 Å². The second-order valence-electron chi connectivity index (χ2n) is 3.88. The molecule has 0 aliphatic carbocycles. The molecule has 0 saturated carbocycles. The first-order valence-electron chi connectivity index (χ1n) is 5.01. The number of hydrogen-bond donors (Lipinski definition) is 1. The van der Waals surface area contributed by atoms with E-state index in [1.54, 1.807) is 0 Å². The summed E-state index contributed by atoms with van der Waals surface area (Å²) < 4.78 is 13.3. The SMILES string of the molecule is NC(=O)C1CC(=O)N(c2cc(F)c(Cl)nc2Cl)C1. The maximum Gasteiger partial charge on any atom is 0.227 e. The van der Waals surface area contributed by atoms with Crippen molar-refractivity contribution in [3.63, 3.8) is 0 Å². The Labute approximate surface area is 112 Å². The molecule has 2 heterocycles. The topological polar surface area (TPSA) is 76.3 Å². The number of pyridine rings is 1. The van der Waals surface area contributed by atoms with Gasteiger partial charge in [0.05, 0.1) is 11.6 Å². The first-order chi connectivity index (χ1) is 8.40. The third-order valence-corrected chi connectivity index (χ3v) is 3.23. The van der Waals surface area contributed by atoms with Crippen molar-refractivity contribution >= 4 is 40.7 Å². The minimum atomic E-state index is -0.786. The maximum atomic E-state index is 13.3. The lowest BCUT2D eigenvalue weighted by molar-refractivity contribution is -0.123. The fourth-order valence-electron chi connectivity index (χ4n) is 1.76. The summed E-state index contributed by atoms with van der Waals surface area (Å²) in [6, 6.07) is 1.01. The van der Waals surface area contributed by atoms with Gasteiger partial charge in [-0.3, -0.25) is 9.59 Å². The molecular weight excluding hydrogens is 284 g/mol. The minimum absolute atomic E-state index is 0.0179. The highest BCUT2D eigenvalue weighted by atomic mass is 35.5. The number of halogens is 3. The van der Waals surface area contributed by atoms with Crippen LogP contribution in [0.3, 0.4) is 0 Å². The quantitative estimate of drug-likeness (QED) is 0.836. The van der Waals surface area contributed by atoms with Crippen molar-refractivity contribution in [2.45, 2.75) is 6.42 Å². The summed E-state index contributed by atoms with van der Waals surface area (Å²) in [6.07, 6.45) is -0.0179. The minimum Gasteiger partial charge on any atom is -0.369 e. The molecule has 18 heavy (non-hydrogen) atoms. The van der Waals surface area contributed by atoms with Crippen LogP contribution in [-0.2, 0) is 9.59 Å². The van der Waals surface area contributed by atoms with Gasteiger partial charge in [-0.25, -0.2) is 9.37 Å². The number of nitrogens with two attached hydrogens (primary N) is 1. The Bertz CT molecular complexity index is 538. The molecule has 96 valence electrons. The zero-order chi connectivity index (χ0) is 13.4. The van der Waals surface area contributed by atoms with E-state index in [1.807, 2.05) is 0 Å². The first-order valence-corrected chi connectivity index (χ1v) is 5.77. The van der Waals surface area contributed by atoms with E-state index in [0.29, 0.717) is 0 Å². The zero-order valence-corrected chi connectivity index (χ0v) is 10.5. The molecule has 0 aromatic carbocycles. The Morgan fingerprint density at radius 2 is 2.17 bits per heavy atom. The van der Waals surface area contributed by atoms with Crippen LogP contribution >= 0.6 is 23.2 Å². The van der Waals surface area contributed by atoms with Crippen LogP contribution in [0.15, 0.2) is 6.07 Å². The predicted molar refractivity (Wildman–Crippen MR) is 63.9 cm³/mol. The summed E-state index contributed by atoms with van der Waals surface area (Å²) in [6.45, 7) is 0.0661. The smallest absolute Gasteiger partial charge is 0.227 e. The summed E-state index contributed by atoms with van der Waals surface area (Å²) in [5.74, 6) is -2.33. The fraction of sp³-hybridized carbons (Fsp3) is 0.300. The molecule has 8 heteroatoms. The van der Waals surface area contributed by atoms with Gasteiger partial charge in [-0.15, -0.1) is 0 Å². The zero-order valence-electron chi connectivity index (χ0n) is 8.99. The molecule has 1 fully saturated rings. The molecule has 1 aromatic rings. The molecule has 1 aliphatic rings. The molecule has 2 N–H and O–H groups in total. The summed E-state index contributed by atoms with van der Waals surface area (Å²) >= 11 is 11.3. The number of amides is 2. The average molecular weight is 292 g/mol. The molecule has 1 aliphatic heterocycles. The largest absolute Gasteiger partial charge is 0.369 e. The number of carbonyl (C=O) groups is 2. The van der Waals surface area contributed by atoms with E-state index in [-0.39, 0.29) is 34.9 Å². The average Bonchev–Trinajstić information content (AvgIpc) is 2.66. The van der Waals surface area contributed by atoms with Crippen LogP contribution in [0.25, 0.3) is 0 Å². The van der Waals surface area contributed by atoms with E-state index in [4.69, 9.17) is 28.9 Å². The van der Waals surface area contributed by atoms with Gasteiger partial charge in [-0.05, 0) is 0 Å². The van der Waals surface area contributed by atoms with Crippen LogP contribution in [0.2, 0.25) is 10.3 Å². The second-order valence-corrected chi connectivity index (χ2v) is 4.59. The molecule has 0 radical (unpaired) electrons. The lowest BCUT2D eigenvalue weighted by Crippen LogP contribution is -2.28. The van der Waals surface area contributed by atoms with Gasteiger partial charge < -0.3 is 10.6 Å². The van der Waals surface area contributed by atoms with Crippen molar-refractivity contribution in [2.24, 2.45) is 11.7 Å². The Morgan fingerprint density at radius 1 is 1.50 bits per heavy atom. The number of hydrogen-bond acceptors (Lipinski definition) is 3. The van der Waals surface area contributed by atoms with Gasteiger partial charge in [0.25, 0.3) is 0 Å². The van der Waals surface area contributed by atoms with Crippen LogP contribution in [0.4, 0.5) is 10.1 Å². The van der Waals surface area contributed by atoms with Crippen molar-refractivity contribution < 1.29 is 14.0 Å². The van der Waals surface area contributed by atoms with Gasteiger partial charge in [-0.2, -0.15) is 0 Å². The van der Waals surface area contributed by atoms with Gasteiger partial charge in [0.15, 0.2) is 16.1 Å². The van der Waals surface area contributed by atoms with Crippen molar-refractivity contribution in [3.8, 4) is 0 Å². The highest BCUT2D eigenvalue weighted by Crippen LogP contribution is 2.32. The van der Waals surface area contributed by atoms with Crippen LogP contribution in [-0.4, -0.2) is 23.3 Å². The summed E-state index contributed by atoms with van der Waals surface area (Å²) in [7, 11) is 0. The van der Waals surface area contributed by atoms with Crippen LogP contribution in [0.1, 0.15) is 6.42 Å². The lowest BCUT2D eigenvalue weighted by Gasteiger charge is -2.17. The molecule has 1 atom stereocenters. The van der Waals surface area contributed by atoms with E-state index in [9.17, 15) is 14.0 Å². The van der Waals surface area contributed by atoms with E-state index in [0.717, 1.165) is 6.07 Å². The van der Waals surface area contributed by atoms with E-state index >= 15 is 0 Å². The molecular formula is C10H8Cl2FN3O2. The Balaban J connectivity index is 2.35. The first kappa shape index (κ1) is 13.0. The van der Waals surface area contributed by atoms with Crippen molar-refractivity contribution in [3.05, 3.63) is 22.2 Å². The van der Waals surface area contributed by atoms with E-state index < -0.39 is 17.6 Å². The van der Waals surface area contributed by atoms with E-state index in [1.165, 1.54) is 4.90 Å². The maximum absolute atomic E-state index is 13.3. The van der Waals surface area contributed by atoms with Gasteiger partial charge in [0.1, 0.15) is 0 Å². The number of rotatable bonds is 2. The summed E-state index contributed by atoms with van der Waals surface area (Å²) in [5.41, 5.74) is 5.22. The standard InChI is InChI=1S/C10H8Cl2FN3O2/c11-8-5(13)2-6(9(12)15-8)16-3-4(10(14)18)1-7(16)17/h2,4H,1,3H2,(H2,14,18). The fourth-order valence-corrected chi connectivity index (χ4v) is 2.18. The highest BCUT2D eigenvalue weighted by Gasteiger charge is 2.35. The number of aromatic nitrogens is 1. The van der Waals surface area contributed by atoms with Gasteiger partial charge >= 0.3 is 0 Å². The molecule has 2 rings (SSSR count). The second kappa shape index (κ2) is 4.70. The Morgan fingerprint density at radius 3 is 2.72 bits per heavy atom. The molecule has 1 aromatic heterocycles. The Kier molecular flexibility index (Phi) is 3.41. The molecule has 0 spiro atoms. The predicted octanol–water partition coefficient (Wildman–Crippen LogP) is 1.37. The molecule has 0 bridgehead atoms. The Hall–Kier alpha value is -1.40. The van der Waals surface area contributed by atoms with Crippen molar-refractivity contribution in [1.82, 2.24) is 4.98 Å². The van der Waals surface area contributed by atoms with Gasteiger partial charge in [0.2, 0.25) is 11.8 Å². The third-order valence-electron chi connectivity index (χ3n) is 2.69. The highest BCUT2D eigenvalue weighted by molar-refractivity contribution is 6.34. The molecule has 2 amide bonds. The monoisotopic (exact) mass is 291 g/mol. The number of primary amides is 1. The van der Waals surface area contributed by atoms with Crippen LogP contribution in [0.5, 0.6) is 0 Å². The number of anilines is 1. The molecule has 5 nitrogen and oxygen atoms in total. The van der Waals surface area contributed by atoms with E-state index in [2.05, 4.69) is 4.98 Å². The number of carbonyl (C=O) groups excluding carboxylic acids is 2. The van der Waals surface area contributed by atoms with Crippen LogP contribution in [0, 0.1) is 11.7 Å². The summed E-state index contributed by atoms with van der Waals surface area (Å²) in [4.78, 5) is 27.5. The third kappa shape index (κ3) is 2.26. The van der Waals surface area contributed by atoms with Crippen molar-refractivity contribution in [1.29, 1.82) is 0 Å². The normalized spacial score (nSPS) is 19.4. The molecule has 1 saturated heterocycles. The number of nitrogens with zero attached hydrogens (tertiary/aromatic N) is 2. The van der Waals surface area contributed by atoms with Gasteiger partial charge in [-0.1, -0.05) is 23.2 Å². The van der Waals surface area contributed by atoms with Crippen molar-refractivity contribution in [2.75, 3.05) is 11.4 Å².